The van der Waals surface area contributed by atoms with Gasteiger partial charge in [0, 0.05) is 23.3 Å². The van der Waals surface area contributed by atoms with Crippen molar-refractivity contribution in [2.45, 2.75) is 51.6 Å². The average Bonchev–Trinajstić information content (AvgIpc) is 2.81. The summed E-state index contributed by atoms with van der Waals surface area (Å²) in [4.78, 5) is 55.5. The van der Waals surface area contributed by atoms with Crippen LogP contribution in [0.5, 0.6) is 0 Å². The molecule has 0 heterocycles. The first kappa shape index (κ1) is 26.4. The Kier molecular flexibility index (Phi) is 10.5. The number of hydrogen-bond acceptors (Lipinski definition) is 10. The van der Waals surface area contributed by atoms with Gasteiger partial charge in [0.2, 0.25) is 0 Å². The normalized spacial score (nSPS) is 10.6. The van der Waals surface area contributed by atoms with Crippen molar-refractivity contribution in [1.29, 1.82) is 0 Å². The Morgan fingerprint density at radius 3 is 1.68 bits per heavy atom. The minimum absolute atomic E-state index is 0.194. The number of nitro benzene ring substituents is 2. The molecule has 0 spiro atoms. The van der Waals surface area contributed by atoms with Crippen LogP contribution in [0.2, 0.25) is 0 Å². The summed E-state index contributed by atoms with van der Waals surface area (Å²) in [7, 11) is 0. The molecule has 0 aromatic heterocycles. The Labute approximate surface area is 195 Å². The van der Waals surface area contributed by atoms with Gasteiger partial charge < -0.3 is 9.68 Å². The van der Waals surface area contributed by atoms with E-state index in [0.717, 1.165) is 19.3 Å². The van der Waals surface area contributed by atoms with Crippen molar-refractivity contribution in [3.8, 4) is 0 Å². The van der Waals surface area contributed by atoms with Gasteiger partial charge in [0.1, 0.15) is 6.17 Å². The molecule has 2 aromatic rings. The fraction of sp³-hybridized carbons (Fsp3) is 0.364. The molecule has 2 aromatic carbocycles. The first-order valence-electron chi connectivity index (χ1n) is 10.7. The fourth-order valence-electron chi connectivity index (χ4n) is 3.07. The van der Waals surface area contributed by atoms with Crippen LogP contribution >= 0.6 is 0 Å². The zero-order chi connectivity index (χ0) is 24.9. The first-order chi connectivity index (χ1) is 16.3. The average molecular weight is 474 g/mol. The van der Waals surface area contributed by atoms with E-state index in [1.807, 2.05) is 6.92 Å². The molecular weight excluding hydrogens is 448 g/mol. The van der Waals surface area contributed by atoms with Crippen molar-refractivity contribution < 1.29 is 29.1 Å². The number of hydroxylamine groups is 2. The second-order valence-electron chi connectivity index (χ2n) is 7.36. The van der Waals surface area contributed by atoms with Crippen LogP contribution in [0, 0.1) is 20.2 Å². The molecule has 0 aliphatic carbocycles. The summed E-state index contributed by atoms with van der Waals surface area (Å²) in [6.07, 6.45) is 1.56. The number of carbonyl (C=O) groups excluding carboxylic acids is 2. The molecule has 0 bridgehead atoms. The summed E-state index contributed by atoms with van der Waals surface area (Å²) in [5.41, 5.74) is 4.97. The lowest BCUT2D eigenvalue weighted by atomic mass is 10.1. The Morgan fingerprint density at radius 2 is 1.26 bits per heavy atom. The van der Waals surface area contributed by atoms with Gasteiger partial charge in [-0.05, 0) is 6.42 Å². The van der Waals surface area contributed by atoms with Gasteiger partial charge in [-0.15, -0.1) is 11.0 Å². The quantitative estimate of drug-likeness (QED) is 0.180. The highest BCUT2D eigenvalue weighted by Crippen LogP contribution is 2.19. The summed E-state index contributed by atoms with van der Waals surface area (Å²) >= 11 is 0. The summed E-state index contributed by atoms with van der Waals surface area (Å²) in [5.74, 6) is -1.52. The molecule has 2 N–H and O–H groups in total. The molecule has 0 fully saturated rings. The van der Waals surface area contributed by atoms with Crippen molar-refractivity contribution in [3.63, 3.8) is 0 Å². The third kappa shape index (κ3) is 8.56. The van der Waals surface area contributed by atoms with E-state index in [1.54, 1.807) is 12.1 Å². The maximum atomic E-state index is 12.2. The molecule has 34 heavy (non-hydrogen) atoms. The topological polar surface area (TPSA) is 163 Å². The highest BCUT2D eigenvalue weighted by molar-refractivity contribution is 5.74. The number of unbranched alkanes of at least 4 members (excludes halogenated alkanes) is 2. The largest absolute Gasteiger partial charge is 0.369 e. The summed E-state index contributed by atoms with van der Waals surface area (Å²) in [5, 5.41) is 22.2. The number of carbonyl (C=O) groups is 2. The van der Waals surface area contributed by atoms with E-state index in [0.29, 0.717) is 6.42 Å². The summed E-state index contributed by atoms with van der Waals surface area (Å²) in [6, 6.07) is 11.7. The van der Waals surface area contributed by atoms with Crippen molar-refractivity contribution in [3.05, 3.63) is 79.9 Å². The van der Waals surface area contributed by atoms with E-state index in [2.05, 4.69) is 11.0 Å². The van der Waals surface area contributed by atoms with Crippen LogP contribution in [0.4, 0.5) is 11.4 Å². The van der Waals surface area contributed by atoms with Gasteiger partial charge in [0.05, 0.1) is 22.7 Å². The number of nitrogens with zero attached hydrogens (tertiary/aromatic N) is 2. The molecule has 0 aliphatic rings. The van der Waals surface area contributed by atoms with Crippen LogP contribution in [-0.2, 0) is 32.1 Å². The van der Waals surface area contributed by atoms with E-state index in [9.17, 15) is 29.8 Å². The summed E-state index contributed by atoms with van der Waals surface area (Å²) in [6.45, 7) is 2.01. The van der Waals surface area contributed by atoms with Crippen molar-refractivity contribution >= 4 is 23.3 Å². The van der Waals surface area contributed by atoms with Crippen LogP contribution in [0.3, 0.4) is 0 Å². The number of nitrogens with one attached hydrogen (secondary N) is 2. The number of para-hydroxylation sites is 2. The minimum Gasteiger partial charge on any atom is -0.369 e. The third-order valence-electron chi connectivity index (χ3n) is 4.77. The van der Waals surface area contributed by atoms with Crippen molar-refractivity contribution in [2.75, 3.05) is 0 Å². The number of hydrogen-bond donors (Lipinski definition) is 2. The Hall–Kier alpha value is -3.90. The van der Waals surface area contributed by atoms with E-state index < -0.39 is 28.0 Å². The van der Waals surface area contributed by atoms with Crippen LogP contribution in [-0.4, -0.2) is 28.0 Å². The molecule has 12 heteroatoms. The predicted octanol–water partition coefficient (Wildman–Crippen LogP) is 3.29. The van der Waals surface area contributed by atoms with Gasteiger partial charge in [-0.2, -0.15) is 0 Å². The Bertz CT molecular complexity index is 938. The van der Waals surface area contributed by atoms with E-state index >= 15 is 0 Å². The zero-order valence-electron chi connectivity index (χ0n) is 18.6. The van der Waals surface area contributed by atoms with Gasteiger partial charge in [-0.25, -0.2) is 0 Å². The van der Waals surface area contributed by atoms with E-state index in [-0.39, 0.29) is 35.3 Å². The molecule has 0 radical (unpaired) electrons. The monoisotopic (exact) mass is 474 g/mol. The predicted molar refractivity (Wildman–Crippen MR) is 120 cm³/mol. The molecule has 12 nitrogen and oxygen atoms in total. The second kappa shape index (κ2) is 13.6. The second-order valence-corrected chi connectivity index (χ2v) is 7.36. The lowest BCUT2D eigenvalue weighted by molar-refractivity contribution is -0.385. The Balaban J connectivity index is 1.92. The van der Waals surface area contributed by atoms with E-state index in [4.69, 9.17) is 9.68 Å². The molecule has 0 unspecified atom stereocenters. The molecule has 182 valence electrons. The van der Waals surface area contributed by atoms with Gasteiger partial charge in [-0.1, -0.05) is 62.6 Å². The van der Waals surface area contributed by atoms with Crippen molar-refractivity contribution in [2.24, 2.45) is 0 Å². The van der Waals surface area contributed by atoms with Gasteiger partial charge in [-0.3, -0.25) is 29.8 Å². The smallest absolute Gasteiger partial charge is 0.329 e. The SMILES string of the molecule is CCCCCC(NOC(=O)Cc1ccccc1[N+](=O)[O-])NOC(=O)Cc1ccccc1[N+](=O)[O-]. The molecule has 0 saturated heterocycles. The Morgan fingerprint density at radius 1 is 0.824 bits per heavy atom. The number of rotatable bonds is 14. The molecule has 0 amide bonds. The lowest BCUT2D eigenvalue weighted by Gasteiger charge is -2.19. The van der Waals surface area contributed by atoms with Gasteiger partial charge >= 0.3 is 11.9 Å². The van der Waals surface area contributed by atoms with Gasteiger partial charge in [0.25, 0.3) is 11.4 Å². The fourth-order valence-corrected chi connectivity index (χ4v) is 3.07. The van der Waals surface area contributed by atoms with Crippen LogP contribution in [0.15, 0.2) is 48.5 Å². The molecular formula is C22H26N4O8. The molecule has 0 aliphatic heterocycles. The highest BCUT2D eigenvalue weighted by atomic mass is 16.7. The van der Waals surface area contributed by atoms with E-state index in [1.165, 1.54) is 36.4 Å². The minimum atomic E-state index is -0.761. The number of nitro groups is 2. The molecule has 0 saturated carbocycles. The standard InChI is InChI=1S/C22H26N4O8/c1-2-3-4-13-20(23-33-21(27)14-16-9-5-7-11-18(16)25(29)30)24-34-22(28)15-17-10-6-8-12-19(17)26(31)32/h5-12,20,23-24H,2-4,13-15H2,1H3. The van der Waals surface area contributed by atoms with Crippen molar-refractivity contribution in [1.82, 2.24) is 11.0 Å². The maximum absolute atomic E-state index is 12.2. The lowest BCUT2D eigenvalue weighted by Crippen LogP contribution is -2.44. The molecule has 0 atom stereocenters. The number of benzene rings is 2. The molecule has 2 rings (SSSR count). The van der Waals surface area contributed by atoms with Gasteiger partial charge in [0.15, 0.2) is 0 Å². The first-order valence-corrected chi connectivity index (χ1v) is 10.7. The van der Waals surface area contributed by atoms with Crippen LogP contribution in [0.1, 0.15) is 43.7 Å². The van der Waals surface area contributed by atoms with Crippen LogP contribution < -0.4 is 11.0 Å². The maximum Gasteiger partial charge on any atom is 0.329 e. The summed E-state index contributed by atoms with van der Waals surface area (Å²) < 4.78 is 0. The zero-order valence-corrected chi connectivity index (χ0v) is 18.6. The third-order valence-corrected chi connectivity index (χ3v) is 4.77. The van der Waals surface area contributed by atoms with Crippen LogP contribution in [0.25, 0.3) is 0 Å². The highest BCUT2D eigenvalue weighted by Gasteiger charge is 2.20.